The second-order valence-corrected chi connectivity index (χ2v) is 8.80. The SMILES string of the molecule is BC1(B)c2ncccc2C(=O)N1Cc1c(F)cc(-c2cc3cn(C)nc3cc2C)cc1F. The molecule has 5 rings (SSSR count). The zero-order valence-electron chi connectivity index (χ0n) is 18.3. The Kier molecular flexibility index (Phi) is 4.48. The topological polar surface area (TPSA) is 51.0 Å². The Labute approximate surface area is 185 Å². The minimum Gasteiger partial charge on any atom is -0.339 e. The number of rotatable bonds is 3. The molecule has 0 fully saturated rings. The number of hydrogen-bond acceptors (Lipinski definition) is 3. The first-order valence-corrected chi connectivity index (χ1v) is 10.4. The first-order valence-electron chi connectivity index (χ1n) is 10.4. The maximum atomic E-state index is 15.2. The van der Waals surface area contributed by atoms with E-state index in [4.69, 9.17) is 0 Å². The lowest BCUT2D eigenvalue weighted by Crippen LogP contribution is -2.45. The lowest BCUT2D eigenvalue weighted by molar-refractivity contribution is 0.0727. The van der Waals surface area contributed by atoms with Crippen molar-refractivity contribution in [2.75, 3.05) is 0 Å². The predicted molar refractivity (Wildman–Crippen MR) is 124 cm³/mol. The van der Waals surface area contributed by atoms with Crippen LogP contribution in [-0.2, 0) is 18.9 Å². The van der Waals surface area contributed by atoms with Gasteiger partial charge in [-0.05, 0) is 60.0 Å². The van der Waals surface area contributed by atoms with Crippen molar-refractivity contribution in [3.05, 3.63) is 82.8 Å². The van der Waals surface area contributed by atoms with E-state index >= 15 is 8.78 Å². The van der Waals surface area contributed by atoms with Gasteiger partial charge in [0.1, 0.15) is 27.3 Å². The number of fused-ring (bicyclic) bond motifs is 2. The molecular formula is C23H20B2F2N4O. The number of carbonyl (C=O) groups excluding carboxylic acids is 1. The highest BCUT2D eigenvalue weighted by Gasteiger charge is 2.44. The van der Waals surface area contributed by atoms with Gasteiger partial charge in [0.2, 0.25) is 0 Å². The number of hydrogen-bond donors (Lipinski definition) is 0. The summed E-state index contributed by atoms with van der Waals surface area (Å²) in [4.78, 5) is 18.7. The number of amides is 1. The van der Waals surface area contributed by atoms with Gasteiger partial charge in [-0.3, -0.25) is 14.5 Å². The summed E-state index contributed by atoms with van der Waals surface area (Å²) in [5.74, 6) is -1.64. The molecule has 1 aliphatic rings. The number of aryl methyl sites for hydroxylation is 2. The Balaban J connectivity index is 1.53. The summed E-state index contributed by atoms with van der Waals surface area (Å²) in [5, 5.41) is 4.50. The molecule has 0 atom stereocenters. The minimum absolute atomic E-state index is 0.136. The fraction of sp³-hybridized carbons (Fsp3) is 0.174. The molecule has 0 aliphatic carbocycles. The number of nitrogens with zero attached hydrogens (tertiary/aromatic N) is 4. The van der Waals surface area contributed by atoms with Gasteiger partial charge in [-0.2, -0.15) is 5.10 Å². The summed E-state index contributed by atoms with van der Waals surface area (Å²) in [5.41, 5.74) is 3.84. The quantitative estimate of drug-likeness (QED) is 0.471. The van der Waals surface area contributed by atoms with E-state index in [1.807, 2.05) is 48.0 Å². The standard InChI is InChI=1S/C23H20B2F2N4O/c1-12-6-20-14(10-30(2)29-20)7-16(12)13-8-18(26)17(19(27)9-13)11-31-22(32)15-4-3-5-28-21(15)23(31,24)25/h3-10H,11,24-25H2,1-2H3. The second-order valence-electron chi connectivity index (χ2n) is 8.80. The highest BCUT2D eigenvalue weighted by Crippen LogP contribution is 2.36. The summed E-state index contributed by atoms with van der Waals surface area (Å²) in [6, 6.07) is 9.85. The van der Waals surface area contributed by atoms with Crippen LogP contribution in [0.3, 0.4) is 0 Å². The Morgan fingerprint density at radius 2 is 1.81 bits per heavy atom. The van der Waals surface area contributed by atoms with E-state index in [0.29, 0.717) is 16.8 Å². The van der Waals surface area contributed by atoms with Gasteiger partial charge in [-0.1, -0.05) is 0 Å². The normalized spacial score (nSPS) is 14.9. The Bertz CT molecular complexity index is 1390. The van der Waals surface area contributed by atoms with Crippen LogP contribution in [0, 0.1) is 18.6 Å². The average Bonchev–Trinajstić information content (AvgIpc) is 3.18. The average molecular weight is 428 g/mol. The van der Waals surface area contributed by atoms with Crippen molar-refractivity contribution in [2.45, 2.75) is 18.8 Å². The van der Waals surface area contributed by atoms with Crippen LogP contribution >= 0.6 is 0 Å². The lowest BCUT2D eigenvalue weighted by Gasteiger charge is -2.32. The van der Waals surface area contributed by atoms with E-state index in [1.54, 1.807) is 23.0 Å². The molecule has 4 aromatic rings. The Morgan fingerprint density at radius 3 is 2.50 bits per heavy atom. The van der Waals surface area contributed by atoms with Crippen LogP contribution in [-0.4, -0.2) is 41.3 Å². The van der Waals surface area contributed by atoms with Crippen molar-refractivity contribution in [1.29, 1.82) is 0 Å². The summed E-state index contributed by atoms with van der Waals surface area (Å²) < 4.78 is 32.1. The van der Waals surface area contributed by atoms with Crippen LogP contribution in [0.25, 0.3) is 22.0 Å². The van der Waals surface area contributed by atoms with Gasteiger partial charge in [0.05, 0.1) is 23.3 Å². The van der Waals surface area contributed by atoms with Gasteiger partial charge in [-0.15, -0.1) is 0 Å². The predicted octanol–water partition coefficient (Wildman–Crippen LogP) is 2.25. The first-order chi connectivity index (χ1) is 15.2. The van der Waals surface area contributed by atoms with E-state index in [2.05, 4.69) is 10.1 Å². The van der Waals surface area contributed by atoms with Crippen LogP contribution in [0.2, 0.25) is 0 Å². The maximum Gasteiger partial charge on any atom is 0.255 e. The van der Waals surface area contributed by atoms with Crippen LogP contribution in [0.5, 0.6) is 0 Å². The molecule has 1 amide bonds. The summed E-state index contributed by atoms with van der Waals surface area (Å²) >= 11 is 0. The second kappa shape index (κ2) is 7.02. The zero-order valence-corrected chi connectivity index (χ0v) is 18.3. The van der Waals surface area contributed by atoms with Crippen molar-refractivity contribution in [1.82, 2.24) is 19.7 Å². The summed E-state index contributed by atoms with van der Waals surface area (Å²) in [6.07, 6.45) is 3.49. The zero-order chi connectivity index (χ0) is 22.8. The fourth-order valence-electron chi connectivity index (χ4n) is 4.54. The van der Waals surface area contributed by atoms with Gasteiger partial charge in [0.15, 0.2) is 0 Å². The van der Waals surface area contributed by atoms with Gasteiger partial charge >= 0.3 is 0 Å². The molecule has 3 heterocycles. The molecule has 0 radical (unpaired) electrons. The molecule has 0 bridgehead atoms. The number of carbonyl (C=O) groups is 1. The lowest BCUT2D eigenvalue weighted by atomic mass is 9.59. The van der Waals surface area contributed by atoms with E-state index in [-0.39, 0.29) is 18.0 Å². The van der Waals surface area contributed by atoms with Crippen LogP contribution in [0.15, 0.2) is 48.8 Å². The molecule has 0 spiro atoms. The third kappa shape index (κ3) is 3.03. The molecule has 5 nitrogen and oxygen atoms in total. The highest BCUT2D eigenvalue weighted by molar-refractivity contribution is 6.42. The highest BCUT2D eigenvalue weighted by atomic mass is 19.1. The van der Waals surface area contributed by atoms with Crippen molar-refractivity contribution in [3.63, 3.8) is 0 Å². The molecular weight excluding hydrogens is 408 g/mol. The third-order valence-electron chi connectivity index (χ3n) is 6.27. The van der Waals surface area contributed by atoms with Crippen molar-refractivity contribution < 1.29 is 13.6 Å². The molecule has 2 aromatic carbocycles. The van der Waals surface area contributed by atoms with Crippen molar-refractivity contribution >= 4 is 32.5 Å². The Hall–Kier alpha value is -3.48. The number of benzene rings is 2. The first kappa shape index (κ1) is 20.4. The van der Waals surface area contributed by atoms with Gasteiger partial charge in [0, 0.05) is 35.7 Å². The van der Waals surface area contributed by atoms with Crippen LogP contribution in [0.4, 0.5) is 8.78 Å². The monoisotopic (exact) mass is 428 g/mol. The molecule has 0 unspecified atom stereocenters. The molecule has 0 saturated carbocycles. The minimum atomic E-state index is -0.771. The van der Waals surface area contributed by atoms with Crippen molar-refractivity contribution in [3.8, 4) is 11.1 Å². The number of halogens is 2. The van der Waals surface area contributed by atoms with Gasteiger partial charge < -0.3 is 4.90 Å². The van der Waals surface area contributed by atoms with E-state index in [1.165, 1.54) is 17.0 Å². The number of aromatic nitrogens is 3. The molecule has 32 heavy (non-hydrogen) atoms. The molecule has 9 heteroatoms. The smallest absolute Gasteiger partial charge is 0.255 e. The third-order valence-corrected chi connectivity index (χ3v) is 6.27. The summed E-state index contributed by atoms with van der Waals surface area (Å²) in [6.45, 7) is 1.71. The largest absolute Gasteiger partial charge is 0.339 e. The number of pyridine rings is 1. The maximum absolute atomic E-state index is 15.2. The van der Waals surface area contributed by atoms with E-state index in [0.717, 1.165) is 22.0 Å². The fourth-order valence-corrected chi connectivity index (χ4v) is 4.54. The Morgan fingerprint density at radius 1 is 1.09 bits per heavy atom. The van der Waals surface area contributed by atoms with Crippen LogP contribution in [0.1, 0.15) is 27.2 Å². The molecule has 1 aliphatic heterocycles. The van der Waals surface area contributed by atoms with Crippen molar-refractivity contribution in [2.24, 2.45) is 7.05 Å². The van der Waals surface area contributed by atoms with Crippen LogP contribution < -0.4 is 0 Å². The van der Waals surface area contributed by atoms with Gasteiger partial charge in [0.25, 0.3) is 5.91 Å². The van der Waals surface area contributed by atoms with Gasteiger partial charge in [-0.25, -0.2) is 8.78 Å². The van der Waals surface area contributed by atoms with E-state index < -0.39 is 17.0 Å². The summed E-state index contributed by atoms with van der Waals surface area (Å²) in [7, 11) is 5.50. The molecule has 0 N–H and O–H groups in total. The molecule has 2 aromatic heterocycles. The molecule has 158 valence electrons. The van der Waals surface area contributed by atoms with E-state index in [9.17, 15) is 4.79 Å². The molecule has 0 saturated heterocycles.